The number of nitrogens with zero attached hydrogens (tertiary/aromatic N) is 3. The van der Waals surface area contributed by atoms with E-state index < -0.39 is 6.61 Å². The number of carbonyl (C=O) groups is 1. The summed E-state index contributed by atoms with van der Waals surface area (Å²) in [6, 6.07) is 5.87. The van der Waals surface area contributed by atoms with E-state index >= 15 is 0 Å². The molecule has 0 unspecified atom stereocenters. The maximum Gasteiger partial charge on any atom is 0.387 e. The highest BCUT2D eigenvalue weighted by molar-refractivity contribution is 7.99. The van der Waals surface area contributed by atoms with Crippen molar-refractivity contribution in [1.29, 1.82) is 0 Å². The molecule has 1 aromatic heterocycles. The minimum Gasteiger partial charge on any atom is -0.435 e. The molecular formula is C17H19F2N3O4S. The molecule has 3 rings (SSSR count). The van der Waals surface area contributed by atoms with Gasteiger partial charge in [0.15, 0.2) is 0 Å². The van der Waals surface area contributed by atoms with Gasteiger partial charge >= 0.3 is 6.61 Å². The summed E-state index contributed by atoms with van der Waals surface area (Å²) in [5.74, 6) is 0.447. The van der Waals surface area contributed by atoms with E-state index in [9.17, 15) is 13.6 Å². The summed E-state index contributed by atoms with van der Waals surface area (Å²) in [6.45, 7) is 2.12. The van der Waals surface area contributed by atoms with Crippen molar-refractivity contribution in [2.24, 2.45) is 0 Å². The van der Waals surface area contributed by atoms with Gasteiger partial charge in [-0.1, -0.05) is 11.8 Å². The Bertz CT molecular complexity index is 762. The van der Waals surface area contributed by atoms with E-state index in [0.29, 0.717) is 18.7 Å². The fourth-order valence-electron chi connectivity index (χ4n) is 2.76. The van der Waals surface area contributed by atoms with Crippen LogP contribution in [-0.2, 0) is 9.53 Å². The predicted octanol–water partition coefficient (Wildman–Crippen LogP) is 3.07. The monoisotopic (exact) mass is 399 g/mol. The minimum absolute atomic E-state index is 0.00901. The summed E-state index contributed by atoms with van der Waals surface area (Å²) in [5.41, 5.74) is 0.568. The van der Waals surface area contributed by atoms with E-state index in [2.05, 4.69) is 14.9 Å². The quantitative estimate of drug-likeness (QED) is 0.691. The third-order valence-electron chi connectivity index (χ3n) is 3.82. The summed E-state index contributed by atoms with van der Waals surface area (Å²) in [7, 11) is 0. The van der Waals surface area contributed by atoms with Gasteiger partial charge in [0.25, 0.3) is 5.22 Å². The molecule has 2 heterocycles. The number of ether oxygens (including phenoxy) is 2. The van der Waals surface area contributed by atoms with Crippen LogP contribution < -0.4 is 4.74 Å². The molecule has 146 valence electrons. The van der Waals surface area contributed by atoms with Crippen molar-refractivity contribution >= 4 is 17.7 Å². The summed E-state index contributed by atoms with van der Waals surface area (Å²) >= 11 is 1.16. The van der Waals surface area contributed by atoms with Crippen molar-refractivity contribution in [2.45, 2.75) is 37.9 Å². The molecule has 0 bridgehead atoms. The number of rotatable bonds is 6. The maximum atomic E-state index is 12.3. The number of halogens is 2. The van der Waals surface area contributed by atoms with Gasteiger partial charge in [-0.15, -0.1) is 10.2 Å². The number of alkyl halides is 2. The van der Waals surface area contributed by atoms with Crippen molar-refractivity contribution < 1.29 is 27.5 Å². The lowest BCUT2D eigenvalue weighted by atomic mass is 10.2. The Morgan fingerprint density at radius 1 is 1.26 bits per heavy atom. The molecule has 0 radical (unpaired) electrons. The fourth-order valence-corrected chi connectivity index (χ4v) is 3.43. The zero-order chi connectivity index (χ0) is 19.4. The molecule has 0 spiro atoms. The topological polar surface area (TPSA) is 77.7 Å². The zero-order valence-electron chi connectivity index (χ0n) is 14.8. The number of amides is 1. The Morgan fingerprint density at radius 3 is 2.56 bits per heavy atom. The highest BCUT2D eigenvalue weighted by Crippen LogP contribution is 2.26. The highest BCUT2D eigenvalue weighted by atomic mass is 32.2. The number of hydrogen-bond donors (Lipinski definition) is 0. The molecule has 10 heteroatoms. The molecule has 0 N–H and O–H groups in total. The van der Waals surface area contributed by atoms with E-state index in [-0.39, 0.29) is 40.7 Å². The first-order valence-electron chi connectivity index (χ1n) is 8.35. The van der Waals surface area contributed by atoms with Crippen molar-refractivity contribution in [1.82, 2.24) is 15.1 Å². The molecule has 0 saturated carbocycles. The minimum atomic E-state index is -2.88. The van der Waals surface area contributed by atoms with Crippen LogP contribution in [0.4, 0.5) is 8.78 Å². The lowest BCUT2D eigenvalue weighted by Gasteiger charge is -2.35. The number of aromatic nitrogens is 2. The van der Waals surface area contributed by atoms with Crippen LogP contribution in [0.5, 0.6) is 5.75 Å². The van der Waals surface area contributed by atoms with Crippen LogP contribution in [0.25, 0.3) is 11.5 Å². The fraction of sp³-hybridized carbons (Fsp3) is 0.471. The van der Waals surface area contributed by atoms with Crippen molar-refractivity contribution in [2.75, 3.05) is 18.8 Å². The van der Waals surface area contributed by atoms with Gasteiger partial charge in [-0.25, -0.2) is 0 Å². The van der Waals surface area contributed by atoms with Crippen LogP contribution in [0.2, 0.25) is 0 Å². The molecule has 1 saturated heterocycles. The van der Waals surface area contributed by atoms with Crippen LogP contribution >= 0.6 is 11.8 Å². The van der Waals surface area contributed by atoms with Gasteiger partial charge in [0.2, 0.25) is 11.8 Å². The van der Waals surface area contributed by atoms with E-state index in [1.165, 1.54) is 12.1 Å². The standard InChI is InChI=1S/C17H19F2N3O4S/c1-10-7-22(8-11(2)24-10)14(23)9-27-17-21-20-15(26-17)12-3-5-13(6-4-12)25-16(18)19/h3-6,10-11,16H,7-9H2,1-2H3/t10-,11-/m1/s1. The van der Waals surface area contributed by atoms with Gasteiger partial charge in [0.1, 0.15) is 5.75 Å². The van der Waals surface area contributed by atoms with Gasteiger partial charge in [-0.3, -0.25) is 4.79 Å². The summed E-state index contributed by atoms with van der Waals surface area (Å²) in [6.07, 6.45) is 0.0180. The molecule has 1 fully saturated rings. The summed E-state index contributed by atoms with van der Waals surface area (Å²) in [4.78, 5) is 14.1. The maximum absolute atomic E-state index is 12.3. The molecule has 1 aliphatic rings. The Morgan fingerprint density at radius 2 is 1.93 bits per heavy atom. The van der Waals surface area contributed by atoms with Gasteiger partial charge in [-0.2, -0.15) is 8.78 Å². The molecule has 2 aromatic rings. The molecule has 1 aromatic carbocycles. The smallest absolute Gasteiger partial charge is 0.387 e. The normalized spacial score (nSPS) is 20.1. The number of morpholine rings is 1. The number of carbonyl (C=O) groups excluding carboxylic acids is 1. The van der Waals surface area contributed by atoms with E-state index in [1.807, 2.05) is 13.8 Å². The second-order valence-electron chi connectivity index (χ2n) is 6.12. The number of benzene rings is 1. The average Bonchev–Trinajstić information content (AvgIpc) is 3.08. The molecule has 1 aliphatic heterocycles. The van der Waals surface area contributed by atoms with E-state index in [1.54, 1.807) is 17.0 Å². The van der Waals surface area contributed by atoms with Crippen molar-refractivity contribution in [3.8, 4) is 17.2 Å². The van der Waals surface area contributed by atoms with E-state index in [0.717, 1.165) is 11.8 Å². The average molecular weight is 399 g/mol. The molecule has 7 nitrogen and oxygen atoms in total. The first-order valence-corrected chi connectivity index (χ1v) is 9.34. The molecule has 1 amide bonds. The van der Waals surface area contributed by atoms with Gasteiger partial charge < -0.3 is 18.8 Å². The Balaban J connectivity index is 1.55. The Labute approximate surface area is 159 Å². The Kier molecular flexibility index (Phi) is 6.27. The van der Waals surface area contributed by atoms with Crippen molar-refractivity contribution in [3.63, 3.8) is 0 Å². The van der Waals surface area contributed by atoms with Gasteiger partial charge in [0.05, 0.1) is 18.0 Å². The van der Waals surface area contributed by atoms with E-state index in [4.69, 9.17) is 9.15 Å². The van der Waals surface area contributed by atoms with Crippen LogP contribution in [-0.4, -0.2) is 58.7 Å². The zero-order valence-corrected chi connectivity index (χ0v) is 15.6. The number of thioether (sulfide) groups is 1. The van der Waals surface area contributed by atoms with Crippen LogP contribution in [0, 0.1) is 0 Å². The van der Waals surface area contributed by atoms with Crippen LogP contribution in [0.1, 0.15) is 13.8 Å². The number of hydrogen-bond acceptors (Lipinski definition) is 7. The summed E-state index contributed by atoms with van der Waals surface area (Å²) in [5, 5.41) is 8.09. The SMILES string of the molecule is C[C@@H]1CN(C(=O)CSc2nnc(-c3ccc(OC(F)F)cc3)o2)C[C@@H](C)O1. The lowest BCUT2D eigenvalue weighted by Crippen LogP contribution is -2.48. The largest absolute Gasteiger partial charge is 0.435 e. The van der Waals surface area contributed by atoms with Crippen LogP contribution in [0.3, 0.4) is 0 Å². The third kappa shape index (κ3) is 5.39. The second-order valence-corrected chi connectivity index (χ2v) is 7.05. The molecule has 0 aliphatic carbocycles. The third-order valence-corrected chi connectivity index (χ3v) is 4.63. The van der Waals surface area contributed by atoms with Gasteiger partial charge in [0, 0.05) is 18.7 Å². The van der Waals surface area contributed by atoms with Crippen molar-refractivity contribution in [3.05, 3.63) is 24.3 Å². The second kappa shape index (κ2) is 8.66. The first kappa shape index (κ1) is 19.6. The lowest BCUT2D eigenvalue weighted by molar-refractivity contribution is -0.140. The first-order chi connectivity index (χ1) is 12.9. The molecule has 2 atom stereocenters. The van der Waals surface area contributed by atoms with Gasteiger partial charge in [-0.05, 0) is 38.1 Å². The van der Waals surface area contributed by atoms with Crippen LogP contribution in [0.15, 0.2) is 33.9 Å². The predicted molar refractivity (Wildman–Crippen MR) is 93.7 cm³/mol. The molecular weight excluding hydrogens is 380 g/mol. The molecule has 27 heavy (non-hydrogen) atoms. The highest BCUT2D eigenvalue weighted by Gasteiger charge is 2.26. The Hall–Kier alpha value is -2.20. The summed E-state index contributed by atoms with van der Waals surface area (Å²) < 4.78 is 39.8.